The van der Waals surface area contributed by atoms with Crippen LogP contribution in [0, 0.1) is 0 Å². The van der Waals surface area contributed by atoms with Crippen molar-refractivity contribution in [3.8, 4) is 0 Å². The monoisotopic (exact) mass is 272 g/mol. The summed E-state index contributed by atoms with van der Waals surface area (Å²) in [5.74, 6) is 1.03. The number of aromatic nitrogens is 4. The molecule has 2 aromatic rings. The number of piperazine rings is 1. The molecule has 106 valence electrons. The maximum Gasteiger partial charge on any atom is 0.146 e. The van der Waals surface area contributed by atoms with Gasteiger partial charge >= 0.3 is 0 Å². The van der Waals surface area contributed by atoms with E-state index < -0.39 is 0 Å². The van der Waals surface area contributed by atoms with E-state index in [0.29, 0.717) is 0 Å². The van der Waals surface area contributed by atoms with Gasteiger partial charge in [-0.2, -0.15) is 0 Å². The minimum Gasteiger partial charge on any atom is -0.320 e. The van der Waals surface area contributed by atoms with Crippen molar-refractivity contribution in [2.24, 2.45) is 7.05 Å². The Morgan fingerprint density at radius 3 is 2.45 bits per heavy atom. The lowest BCUT2D eigenvalue weighted by Crippen LogP contribution is -2.45. The summed E-state index contributed by atoms with van der Waals surface area (Å²) in [6.07, 6.45) is 5.53. The molecule has 0 atom stereocenters. The molecule has 3 heterocycles. The first kappa shape index (κ1) is 13.2. The zero-order chi connectivity index (χ0) is 13.8. The van der Waals surface area contributed by atoms with Crippen LogP contribution in [-0.2, 0) is 20.1 Å². The van der Waals surface area contributed by atoms with Crippen molar-refractivity contribution >= 4 is 0 Å². The molecule has 0 aliphatic carbocycles. The van der Waals surface area contributed by atoms with Crippen LogP contribution in [0.15, 0.2) is 30.9 Å². The molecule has 0 radical (unpaired) electrons. The maximum absolute atomic E-state index is 4.17. The summed E-state index contributed by atoms with van der Waals surface area (Å²) in [6, 6.07) is 4.14. The predicted octanol–water partition coefficient (Wildman–Crippen LogP) is 0.528. The predicted molar refractivity (Wildman–Crippen MR) is 75.8 cm³/mol. The fourth-order valence-corrected chi connectivity index (χ4v) is 2.51. The molecule has 2 aromatic heterocycles. The van der Waals surface area contributed by atoms with E-state index in [4.69, 9.17) is 0 Å². The Hall–Kier alpha value is -1.79. The van der Waals surface area contributed by atoms with Crippen molar-refractivity contribution in [3.05, 3.63) is 42.2 Å². The molecule has 3 rings (SSSR count). The summed E-state index contributed by atoms with van der Waals surface area (Å²) in [5.41, 5.74) is 1.29. The smallest absolute Gasteiger partial charge is 0.146 e. The molecular formula is C14H20N6. The van der Waals surface area contributed by atoms with E-state index in [9.17, 15) is 0 Å². The summed E-state index contributed by atoms with van der Waals surface area (Å²) < 4.78 is 1.99. The Kier molecular flexibility index (Phi) is 4.03. The number of aryl methyl sites for hydroxylation is 1. The fraction of sp³-hybridized carbons (Fsp3) is 0.500. The highest BCUT2D eigenvalue weighted by atomic mass is 15.3. The Morgan fingerprint density at radius 2 is 1.85 bits per heavy atom. The van der Waals surface area contributed by atoms with E-state index in [1.807, 2.05) is 30.1 Å². The first-order chi connectivity index (χ1) is 9.81. The fourth-order valence-electron chi connectivity index (χ4n) is 2.51. The van der Waals surface area contributed by atoms with Gasteiger partial charge in [0.05, 0.1) is 6.54 Å². The number of rotatable bonds is 4. The highest BCUT2D eigenvalue weighted by molar-refractivity contribution is 5.08. The minimum absolute atomic E-state index is 0.886. The summed E-state index contributed by atoms with van der Waals surface area (Å²) in [6.45, 7) is 6.21. The van der Waals surface area contributed by atoms with Gasteiger partial charge in [0, 0.05) is 52.2 Å². The van der Waals surface area contributed by atoms with Crippen molar-refractivity contribution in [3.63, 3.8) is 0 Å². The largest absolute Gasteiger partial charge is 0.320 e. The molecule has 6 nitrogen and oxygen atoms in total. The van der Waals surface area contributed by atoms with E-state index in [-0.39, 0.29) is 0 Å². The summed E-state index contributed by atoms with van der Waals surface area (Å²) in [4.78, 5) is 9.08. The normalized spacial score (nSPS) is 17.4. The number of hydrogen-bond acceptors (Lipinski definition) is 5. The van der Waals surface area contributed by atoms with E-state index >= 15 is 0 Å². The average Bonchev–Trinajstić information content (AvgIpc) is 2.88. The van der Waals surface area contributed by atoms with Crippen LogP contribution in [-0.4, -0.2) is 55.7 Å². The molecule has 0 aromatic carbocycles. The number of hydrogen-bond donors (Lipinski definition) is 0. The molecular weight excluding hydrogens is 252 g/mol. The average molecular weight is 272 g/mol. The second-order valence-electron chi connectivity index (χ2n) is 5.27. The van der Waals surface area contributed by atoms with Crippen molar-refractivity contribution < 1.29 is 0 Å². The molecule has 0 bridgehead atoms. The van der Waals surface area contributed by atoms with Gasteiger partial charge in [-0.05, 0) is 11.6 Å². The van der Waals surface area contributed by atoms with Gasteiger partial charge in [-0.25, -0.2) is 0 Å². The van der Waals surface area contributed by atoms with Gasteiger partial charge < -0.3 is 4.57 Å². The highest BCUT2D eigenvalue weighted by Crippen LogP contribution is 2.09. The van der Waals surface area contributed by atoms with Gasteiger partial charge in [-0.1, -0.05) is 6.07 Å². The first-order valence-electron chi connectivity index (χ1n) is 6.98. The molecule has 6 heteroatoms. The Labute approximate surface area is 119 Å². The summed E-state index contributed by atoms with van der Waals surface area (Å²) in [7, 11) is 1.99. The van der Waals surface area contributed by atoms with Gasteiger partial charge in [0.25, 0.3) is 0 Å². The topological polar surface area (TPSA) is 50.1 Å². The van der Waals surface area contributed by atoms with Crippen LogP contribution >= 0.6 is 0 Å². The molecule has 1 aliphatic heterocycles. The van der Waals surface area contributed by atoms with Crippen LogP contribution in [0.4, 0.5) is 0 Å². The molecule has 1 fully saturated rings. The van der Waals surface area contributed by atoms with Gasteiger partial charge in [-0.15, -0.1) is 10.2 Å². The van der Waals surface area contributed by atoms with E-state index in [1.165, 1.54) is 5.56 Å². The van der Waals surface area contributed by atoms with Crippen molar-refractivity contribution in [1.29, 1.82) is 0 Å². The third-order valence-electron chi connectivity index (χ3n) is 3.76. The lowest BCUT2D eigenvalue weighted by molar-refractivity contribution is 0.119. The zero-order valence-corrected chi connectivity index (χ0v) is 11.8. The third kappa shape index (κ3) is 3.20. The van der Waals surface area contributed by atoms with E-state index in [0.717, 1.165) is 45.1 Å². The molecule has 0 unspecified atom stereocenters. The minimum atomic E-state index is 0.886. The molecule has 0 amide bonds. The molecule has 0 N–H and O–H groups in total. The van der Waals surface area contributed by atoms with Gasteiger partial charge in [0.15, 0.2) is 0 Å². The second kappa shape index (κ2) is 6.11. The standard InChI is InChI=1S/C14H20N6/c1-18-12-16-17-14(18)11-20-7-5-19(6-8-20)10-13-3-2-4-15-9-13/h2-4,9,12H,5-8,10-11H2,1H3. The van der Waals surface area contributed by atoms with Crippen LogP contribution < -0.4 is 0 Å². The Bertz CT molecular complexity index is 530. The lowest BCUT2D eigenvalue weighted by atomic mass is 10.2. The molecule has 20 heavy (non-hydrogen) atoms. The molecule has 0 spiro atoms. The van der Waals surface area contributed by atoms with Crippen LogP contribution in [0.25, 0.3) is 0 Å². The second-order valence-corrected chi connectivity index (χ2v) is 5.27. The highest BCUT2D eigenvalue weighted by Gasteiger charge is 2.18. The SMILES string of the molecule is Cn1cnnc1CN1CCN(Cc2cccnc2)CC1. The molecule has 1 saturated heterocycles. The quantitative estimate of drug-likeness (QED) is 0.812. The van der Waals surface area contributed by atoms with Crippen LogP contribution in [0.2, 0.25) is 0 Å². The van der Waals surface area contributed by atoms with E-state index in [2.05, 4.69) is 31.0 Å². The summed E-state index contributed by atoms with van der Waals surface area (Å²) >= 11 is 0. The number of pyridine rings is 1. The van der Waals surface area contributed by atoms with Crippen molar-refractivity contribution in [2.45, 2.75) is 13.1 Å². The summed E-state index contributed by atoms with van der Waals surface area (Å²) in [5, 5.41) is 8.07. The number of nitrogens with zero attached hydrogens (tertiary/aromatic N) is 6. The van der Waals surface area contributed by atoms with Gasteiger partial charge in [0.1, 0.15) is 12.2 Å². The van der Waals surface area contributed by atoms with E-state index in [1.54, 1.807) is 6.33 Å². The van der Waals surface area contributed by atoms with Crippen molar-refractivity contribution in [1.82, 2.24) is 29.5 Å². The molecule has 0 saturated carbocycles. The van der Waals surface area contributed by atoms with Gasteiger partial charge in [0.2, 0.25) is 0 Å². The lowest BCUT2D eigenvalue weighted by Gasteiger charge is -2.34. The van der Waals surface area contributed by atoms with Crippen LogP contribution in [0.1, 0.15) is 11.4 Å². The van der Waals surface area contributed by atoms with Crippen LogP contribution in [0.5, 0.6) is 0 Å². The maximum atomic E-state index is 4.17. The zero-order valence-electron chi connectivity index (χ0n) is 11.8. The Balaban J connectivity index is 1.49. The Morgan fingerprint density at radius 1 is 1.10 bits per heavy atom. The first-order valence-corrected chi connectivity index (χ1v) is 6.98. The van der Waals surface area contributed by atoms with Crippen molar-refractivity contribution in [2.75, 3.05) is 26.2 Å². The van der Waals surface area contributed by atoms with Crippen LogP contribution in [0.3, 0.4) is 0 Å². The van der Waals surface area contributed by atoms with Gasteiger partial charge in [-0.3, -0.25) is 14.8 Å². The third-order valence-corrected chi connectivity index (χ3v) is 3.76. The molecule has 1 aliphatic rings.